The molecule has 9 heteroatoms. The molecule has 2 aromatic rings. The van der Waals surface area contributed by atoms with E-state index in [0.717, 1.165) is 18.7 Å². The number of hydrogen-bond acceptors (Lipinski definition) is 5. The lowest BCUT2D eigenvalue weighted by Crippen LogP contribution is -2.48. The topological polar surface area (TPSA) is 84.5 Å². The number of aryl methyl sites for hydroxylation is 1. The lowest BCUT2D eigenvalue weighted by molar-refractivity contribution is -0.385. The number of hydrogen-bond donors (Lipinski definition) is 0. The Morgan fingerprint density at radius 2 is 2.04 bits per heavy atom. The third-order valence-electron chi connectivity index (χ3n) is 4.83. The highest BCUT2D eigenvalue weighted by Crippen LogP contribution is 2.17. The monoisotopic (exact) mass is 375 g/mol. The summed E-state index contributed by atoms with van der Waals surface area (Å²) < 4.78 is 14.8. The van der Waals surface area contributed by atoms with Gasteiger partial charge in [0.2, 0.25) is 5.91 Å². The molecule has 0 unspecified atom stereocenters. The van der Waals surface area contributed by atoms with Gasteiger partial charge >= 0.3 is 5.69 Å². The maximum atomic E-state index is 13.3. The average Bonchev–Trinajstić information content (AvgIpc) is 3.01. The molecular weight excluding hydrogens is 353 g/mol. The van der Waals surface area contributed by atoms with Crippen molar-refractivity contribution in [3.63, 3.8) is 0 Å². The Labute approximate surface area is 156 Å². The molecule has 8 nitrogen and oxygen atoms in total. The van der Waals surface area contributed by atoms with Gasteiger partial charge < -0.3 is 4.90 Å². The molecule has 0 radical (unpaired) electrons. The maximum Gasteiger partial charge on any atom is 0.309 e. The molecule has 1 aromatic heterocycles. The second-order valence-electron chi connectivity index (χ2n) is 6.63. The van der Waals surface area contributed by atoms with Crippen molar-refractivity contribution < 1.29 is 14.1 Å². The molecule has 1 aliphatic heterocycles. The zero-order chi connectivity index (χ0) is 19.4. The van der Waals surface area contributed by atoms with Gasteiger partial charge in [0.1, 0.15) is 17.7 Å². The van der Waals surface area contributed by atoms with Gasteiger partial charge in [0, 0.05) is 39.1 Å². The Kier molecular flexibility index (Phi) is 5.80. The van der Waals surface area contributed by atoms with Crippen LogP contribution in [0.2, 0.25) is 0 Å². The number of nitro groups is 1. The Morgan fingerprint density at radius 3 is 2.67 bits per heavy atom. The number of benzene rings is 1. The average molecular weight is 375 g/mol. The minimum atomic E-state index is -0.474. The van der Waals surface area contributed by atoms with Crippen LogP contribution in [0, 0.1) is 22.9 Å². The number of carbonyl (C=O) groups excluding carboxylic acids is 1. The molecule has 27 heavy (non-hydrogen) atoms. The van der Waals surface area contributed by atoms with Crippen LogP contribution in [-0.2, 0) is 17.9 Å². The summed E-state index contributed by atoms with van der Waals surface area (Å²) in [6.45, 7) is 5.31. The summed E-state index contributed by atoms with van der Waals surface area (Å²) in [5, 5.41) is 14.8. The Bertz CT molecular complexity index is 830. The van der Waals surface area contributed by atoms with Crippen LogP contribution in [0.1, 0.15) is 17.7 Å². The summed E-state index contributed by atoms with van der Waals surface area (Å²) in [6, 6.07) is 6.55. The van der Waals surface area contributed by atoms with Crippen molar-refractivity contribution in [3.8, 4) is 0 Å². The lowest BCUT2D eigenvalue weighted by Gasteiger charge is -2.34. The fourth-order valence-corrected chi connectivity index (χ4v) is 3.25. The smallest absolute Gasteiger partial charge is 0.309 e. The predicted octanol–water partition coefficient (Wildman–Crippen LogP) is 1.97. The first-order valence-corrected chi connectivity index (χ1v) is 8.85. The van der Waals surface area contributed by atoms with E-state index >= 15 is 0 Å². The van der Waals surface area contributed by atoms with Gasteiger partial charge in [0.05, 0.1) is 11.5 Å². The van der Waals surface area contributed by atoms with Crippen LogP contribution in [0.15, 0.2) is 30.5 Å². The van der Waals surface area contributed by atoms with Crippen LogP contribution < -0.4 is 0 Å². The van der Waals surface area contributed by atoms with Crippen LogP contribution in [0.25, 0.3) is 0 Å². The number of rotatable bonds is 6. The van der Waals surface area contributed by atoms with Crippen molar-refractivity contribution in [2.45, 2.75) is 26.4 Å². The van der Waals surface area contributed by atoms with E-state index in [0.29, 0.717) is 31.9 Å². The van der Waals surface area contributed by atoms with Gasteiger partial charge in [-0.3, -0.25) is 24.5 Å². The highest BCUT2D eigenvalue weighted by molar-refractivity contribution is 5.76. The number of aromatic nitrogens is 2. The SMILES string of the molecule is Cc1c([N+](=O)[O-])cnn1CCC(=O)N1CCN(Cc2cccc(F)c2)CC1. The van der Waals surface area contributed by atoms with E-state index in [4.69, 9.17) is 0 Å². The van der Waals surface area contributed by atoms with Crippen LogP contribution in [0.4, 0.5) is 10.1 Å². The summed E-state index contributed by atoms with van der Waals surface area (Å²) in [7, 11) is 0. The molecule has 0 spiro atoms. The van der Waals surface area contributed by atoms with Crippen LogP contribution in [0.5, 0.6) is 0 Å². The second kappa shape index (κ2) is 8.26. The van der Waals surface area contributed by atoms with Crippen LogP contribution in [0.3, 0.4) is 0 Å². The molecule has 1 saturated heterocycles. The molecule has 1 aromatic carbocycles. The number of piperazine rings is 1. The fourth-order valence-electron chi connectivity index (χ4n) is 3.25. The fraction of sp³-hybridized carbons (Fsp3) is 0.444. The molecule has 1 fully saturated rings. The standard InChI is InChI=1S/C18H22FN5O3/c1-14-17(24(26)27)12-20-23(14)6-5-18(25)22-9-7-21(8-10-22)13-15-3-2-4-16(19)11-15/h2-4,11-12H,5-10,13H2,1H3. The second-order valence-corrected chi connectivity index (χ2v) is 6.63. The first-order chi connectivity index (χ1) is 12.9. The van der Waals surface area contributed by atoms with Gasteiger partial charge in [-0.2, -0.15) is 5.10 Å². The van der Waals surface area contributed by atoms with Crippen molar-refractivity contribution in [1.29, 1.82) is 0 Å². The molecule has 144 valence electrons. The highest BCUT2D eigenvalue weighted by atomic mass is 19.1. The minimum Gasteiger partial charge on any atom is -0.340 e. The number of halogens is 1. The first kappa shape index (κ1) is 19.0. The maximum absolute atomic E-state index is 13.3. The molecule has 0 atom stereocenters. The Morgan fingerprint density at radius 1 is 1.30 bits per heavy atom. The molecule has 1 aliphatic rings. The first-order valence-electron chi connectivity index (χ1n) is 8.85. The van der Waals surface area contributed by atoms with E-state index in [-0.39, 0.29) is 23.8 Å². The van der Waals surface area contributed by atoms with Crippen molar-refractivity contribution in [2.24, 2.45) is 0 Å². The van der Waals surface area contributed by atoms with Gasteiger partial charge in [-0.25, -0.2) is 4.39 Å². The van der Waals surface area contributed by atoms with Crippen molar-refractivity contribution in [1.82, 2.24) is 19.6 Å². The summed E-state index contributed by atoms with van der Waals surface area (Å²) in [4.78, 5) is 26.8. The summed E-state index contributed by atoms with van der Waals surface area (Å²) in [5.41, 5.74) is 1.34. The Hall–Kier alpha value is -2.81. The number of amides is 1. The van der Waals surface area contributed by atoms with Crippen LogP contribution >= 0.6 is 0 Å². The number of carbonyl (C=O) groups is 1. The molecule has 2 heterocycles. The third-order valence-corrected chi connectivity index (χ3v) is 4.83. The molecule has 3 rings (SSSR count). The highest BCUT2D eigenvalue weighted by Gasteiger charge is 2.22. The largest absolute Gasteiger partial charge is 0.340 e. The van der Waals surface area contributed by atoms with E-state index < -0.39 is 4.92 Å². The molecule has 1 amide bonds. The summed E-state index contributed by atoms with van der Waals surface area (Å²) in [5.74, 6) is -0.228. The predicted molar refractivity (Wildman–Crippen MR) is 96.5 cm³/mol. The van der Waals surface area contributed by atoms with Gasteiger partial charge in [-0.05, 0) is 24.6 Å². The van der Waals surface area contributed by atoms with Crippen molar-refractivity contribution >= 4 is 11.6 Å². The molecular formula is C18H22FN5O3. The van der Waals surface area contributed by atoms with Gasteiger partial charge in [-0.1, -0.05) is 12.1 Å². The van der Waals surface area contributed by atoms with E-state index in [1.807, 2.05) is 6.07 Å². The van der Waals surface area contributed by atoms with Crippen LogP contribution in [-0.4, -0.2) is 56.6 Å². The lowest BCUT2D eigenvalue weighted by atomic mass is 10.2. The summed E-state index contributed by atoms with van der Waals surface area (Å²) in [6.07, 6.45) is 1.47. The van der Waals surface area contributed by atoms with Gasteiger partial charge in [0.25, 0.3) is 0 Å². The van der Waals surface area contributed by atoms with E-state index in [9.17, 15) is 19.3 Å². The normalized spacial score (nSPS) is 15.1. The Balaban J connectivity index is 1.46. The zero-order valence-electron chi connectivity index (χ0n) is 15.2. The van der Waals surface area contributed by atoms with E-state index in [1.54, 1.807) is 17.9 Å². The molecule has 0 aliphatic carbocycles. The zero-order valence-corrected chi connectivity index (χ0v) is 15.2. The molecule has 0 saturated carbocycles. The van der Waals surface area contributed by atoms with E-state index in [2.05, 4.69) is 10.00 Å². The quantitative estimate of drug-likeness (QED) is 0.569. The number of nitrogens with zero attached hydrogens (tertiary/aromatic N) is 5. The van der Waals surface area contributed by atoms with Gasteiger partial charge in [0.15, 0.2) is 0 Å². The van der Waals surface area contributed by atoms with Crippen molar-refractivity contribution in [2.75, 3.05) is 26.2 Å². The van der Waals surface area contributed by atoms with Crippen molar-refractivity contribution in [3.05, 3.63) is 57.7 Å². The van der Waals surface area contributed by atoms with E-state index in [1.165, 1.54) is 23.0 Å². The van der Waals surface area contributed by atoms with Gasteiger partial charge in [-0.15, -0.1) is 0 Å². The summed E-state index contributed by atoms with van der Waals surface area (Å²) >= 11 is 0. The minimum absolute atomic E-state index is 0.0120. The third kappa shape index (κ3) is 4.68. The molecule has 0 bridgehead atoms. The molecule has 0 N–H and O–H groups in total.